The van der Waals surface area contributed by atoms with Crippen molar-refractivity contribution in [3.63, 3.8) is 0 Å². The first-order valence-corrected chi connectivity index (χ1v) is 11.8. The zero-order valence-corrected chi connectivity index (χ0v) is 18.5. The van der Waals surface area contributed by atoms with E-state index in [-0.39, 0.29) is 5.91 Å². The number of hydrogen-bond donors (Lipinski definition) is 1. The fourth-order valence-electron chi connectivity index (χ4n) is 2.78. The Balaban J connectivity index is 2.08. The van der Waals surface area contributed by atoms with Crippen molar-refractivity contribution >= 4 is 33.4 Å². The van der Waals surface area contributed by atoms with Gasteiger partial charge in [-0.3, -0.25) is 9.10 Å². The highest BCUT2D eigenvalue weighted by Crippen LogP contribution is 2.33. The molecule has 0 aliphatic rings. The lowest BCUT2D eigenvalue weighted by atomic mass is 10.2. The van der Waals surface area contributed by atoms with Gasteiger partial charge in [-0.25, -0.2) is 8.42 Å². The summed E-state index contributed by atoms with van der Waals surface area (Å²) in [7, 11) is -0.749. The molecule has 0 heterocycles. The van der Waals surface area contributed by atoms with Gasteiger partial charge in [0, 0.05) is 23.3 Å². The van der Waals surface area contributed by atoms with Crippen molar-refractivity contribution in [2.75, 3.05) is 37.1 Å². The second-order valence-corrected chi connectivity index (χ2v) is 9.25. The molecule has 0 spiro atoms. The third kappa shape index (κ3) is 6.30. The van der Waals surface area contributed by atoms with Crippen LogP contribution in [-0.4, -0.2) is 53.1 Å². The van der Waals surface area contributed by atoms with Crippen molar-refractivity contribution in [1.29, 1.82) is 0 Å². The number of hydrogen-bond acceptors (Lipinski definition) is 6. The van der Waals surface area contributed by atoms with Gasteiger partial charge in [0.25, 0.3) is 0 Å². The summed E-state index contributed by atoms with van der Waals surface area (Å²) in [6, 6.07) is 13.6. The Kier molecular flexibility index (Phi) is 8.21. The standard InChI is InChI=1S/C20H26N2O5S2/c1-15(20(23)21-12-13-28-17-8-6-5-7-9-17)22(29(4,24)25)16-10-11-18(26-2)19(14-16)27-3/h5-11,14-15H,12-13H2,1-4H3,(H,21,23)/t15-/m0/s1. The van der Waals surface area contributed by atoms with E-state index in [1.807, 2.05) is 30.3 Å². The number of ether oxygens (including phenoxy) is 2. The van der Waals surface area contributed by atoms with E-state index in [0.717, 1.165) is 15.5 Å². The highest BCUT2D eigenvalue weighted by molar-refractivity contribution is 7.99. The lowest BCUT2D eigenvalue weighted by Crippen LogP contribution is -2.48. The van der Waals surface area contributed by atoms with Crippen LogP contribution in [0, 0.1) is 0 Å². The van der Waals surface area contributed by atoms with E-state index >= 15 is 0 Å². The van der Waals surface area contributed by atoms with Gasteiger partial charge in [0.2, 0.25) is 15.9 Å². The minimum Gasteiger partial charge on any atom is -0.493 e. The molecule has 9 heteroatoms. The van der Waals surface area contributed by atoms with Gasteiger partial charge < -0.3 is 14.8 Å². The van der Waals surface area contributed by atoms with E-state index in [0.29, 0.717) is 29.5 Å². The fourth-order valence-corrected chi connectivity index (χ4v) is 4.73. The third-order valence-electron chi connectivity index (χ3n) is 4.12. The van der Waals surface area contributed by atoms with Crippen LogP contribution >= 0.6 is 11.8 Å². The summed E-state index contributed by atoms with van der Waals surface area (Å²) < 4.78 is 36.4. The second kappa shape index (κ2) is 10.4. The number of carbonyl (C=O) groups excluding carboxylic acids is 1. The SMILES string of the molecule is COc1ccc(N([C@@H](C)C(=O)NCCSc2ccccc2)S(C)(=O)=O)cc1OC. The van der Waals surface area contributed by atoms with Crippen molar-refractivity contribution < 1.29 is 22.7 Å². The maximum Gasteiger partial charge on any atom is 0.243 e. The number of nitrogens with one attached hydrogen (secondary N) is 1. The Labute approximate surface area is 176 Å². The number of thioether (sulfide) groups is 1. The smallest absolute Gasteiger partial charge is 0.243 e. The van der Waals surface area contributed by atoms with Crippen LogP contribution in [0.5, 0.6) is 11.5 Å². The van der Waals surface area contributed by atoms with Crippen LogP contribution in [-0.2, 0) is 14.8 Å². The Bertz CT molecular complexity index is 920. The summed E-state index contributed by atoms with van der Waals surface area (Å²) in [5.41, 5.74) is 0.325. The molecule has 1 atom stereocenters. The molecular formula is C20H26N2O5S2. The summed E-state index contributed by atoms with van der Waals surface area (Å²) in [5, 5.41) is 2.80. The molecule has 0 aromatic heterocycles. The molecule has 158 valence electrons. The molecule has 0 aliphatic carbocycles. The molecule has 2 aromatic carbocycles. The molecule has 29 heavy (non-hydrogen) atoms. The molecule has 0 radical (unpaired) electrons. The summed E-state index contributed by atoms with van der Waals surface area (Å²) in [4.78, 5) is 13.7. The first-order chi connectivity index (χ1) is 13.8. The van der Waals surface area contributed by atoms with Gasteiger partial charge in [-0.1, -0.05) is 18.2 Å². The highest BCUT2D eigenvalue weighted by atomic mass is 32.2. The molecule has 2 aromatic rings. The molecular weight excluding hydrogens is 412 g/mol. The number of anilines is 1. The Morgan fingerprint density at radius 3 is 2.34 bits per heavy atom. The summed E-state index contributed by atoms with van der Waals surface area (Å²) in [6.45, 7) is 1.98. The van der Waals surface area contributed by atoms with Crippen molar-refractivity contribution in [2.45, 2.75) is 17.9 Å². The molecule has 2 rings (SSSR count). The first-order valence-electron chi connectivity index (χ1n) is 8.95. The van der Waals surface area contributed by atoms with Gasteiger partial charge >= 0.3 is 0 Å². The normalized spacial score (nSPS) is 12.1. The monoisotopic (exact) mass is 438 g/mol. The molecule has 0 aliphatic heterocycles. The van der Waals surface area contributed by atoms with E-state index in [4.69, 9.17) is 9.47 Å². The topological polar surface area (TPSA) is 84.9 Å². The van der Waals surface area contributed by atoms with Crippen LogP contribution in [0.4, 0.5) is 5.69 Å². The highest BCUT2D eigenvalue weighted by Gasteiger charge is 2.29. The van der Waals surface area contributed by atoms with E-state index in [1.54, 1.807) is 30.8 Å². The average molecular weight is 439 g/mol. The van der Waals surface area contributed by atoms with Crippen LogP contribution < -0.4 is 19.1 Å². The second-order valence-electron chi connectivity index (χ2n) is 6.23. The number of benzene rings is 2. The van der Waals surface area contributed by atoms with Gasteiger partial charge in [-0.2, -0.15) is 0 Å². The molecule has 0 fully saturated rings. The minimum absolute atomic E-state index is 0.325. The zero-order chi connectivity index (χ0) is 21.4. The zero-order valence-electron chi connectivity index (χ0n) is 16.9. The Hall–Kier alpha value is -2.39. The lowest BCUT2D eigenvalue weighted by molar-refractivity contribution is -0.121. The van der Waals surface area contributed by atoms with E-state index in [1.165, 1.54) is 20.3 Å². The summed E-state index contributed by atoms with van der Waals surface area (Å²) in [6.07, 6.45) is 1.07. The molecule has 1 N–H and O–H groups in total. The van der Waals surface area contributed by atoms with Crippen molar-refractivity contribution in [3.05, 3.63) is 48.5 Å². The lowest BCUT2D eigenvalue weighted by Gasteiger charge is -2.28. The molecule has 1 amide bonds. The van der Waals surface area contributed by atoms with Gasteiger partial charge in [0.1, 0.15) is 6.04 Å². The van der Waals surface area contributed by atoms with Crippen LogP contribution in [0.2, 0.25) is 0 Å². The summed E-state index contributed by atoms with van der Waals surface area (Å²) >= 11 is 1.62. The van der Waals surface area contributed by atoms with Gasteiger partial charge in [-0.15, -0.1) is 11.8 Å². The number of sulfonamides is 1. The first kappa shape index (κ1) is 22.9. The predicted octanol–water partition coefficient (Wildman–Crippen LogP) is 2.77. The number of amides is 1. The van der Waals surface area contributed by atoms with E-state index < -0.39 is 16.1 Å². The molecule has 0 bridgehead atoms. The molecule has 7 nitrogen and oxygen atoms in total. The molecule has 0 saturated heterocycles. The van der Waals surface area contributed by atoms with Crippen LogP contribution in [0.25, 0.3) is 0 Å². The van der Waals surface area contributed by atoms with Gasteiger partial charge in [0.15, 0.2) is 11.5 Å². The van der Waals surface area contributed by atoms with Crippen molar-refractivity contribution in [1.82, 2.24) is 5.32 Å². The molecule has 0 saturated carbocycles. The fraction of sp³-hybridized carbons (Fsp3) is 0.350. The Morgan fingerprint density at radius 1 is 1.10 bits per heavy atom. The maximum atomic E-state index is 12.6. The Morgan fingerprint density at radius 2 is 1.76 bits per heavy atom. The molecule has 0 unspecified atom stereocenters. The van der Waals surface area contributed by atoms with E-state index in [9.17, 15) is 13.2 Å². The number of rotatable bonds is 10. The quantitative estimate of drug-likeness (QED) is 0.454. The average Bonchev–Trinajstić information content (AvgIpc) is 2.70. The third-order valence-corrected chi connectivity index (χ3v) is 6.38. The number of nitrogens with zero attached hydrogens (tertiary/aromatic N) is 1. The van der Waals surface area contributed by atoms with Crippen molar-refractivity contribution in [2.24, 2.45) is 0 Å². The van der Waals surface area contributed by atoms with Crippen LogP contribution in [0.1, 0.15) is 6.92 Å². The van der Waals surface area contributed by atoms with Gasteiger partial charge in [-0.05, 0) is 31.2 Å². The summed E-state index contributed by atoms with van der Waals surface area (Å²) in [5.74, 6) is 1.15. The maximum absolute atomic E-state index is 12.6. The number of carbonyl (C=O) groups is 1. The van der Waals surface area contributed by atoms with Crippen LogP contribution in [0.3, 0.4) is 0 Å². The van der Waals surface area contributed by atoms with Gasteiger partial charge in [0.05, 0.1) is 26.2 Å². The van der Waals surface area contributed by atoms with E-state index in [2.05, 4.69) is 5.32 Å². The predicted molar refractivity (Wildman–Crippen MR) is 117 cm³/mol. The number of methoxy groups -OCH3 is 2. The largest absolute Gasteiger partial charge is 0.493 e. The van der Waals surface area contributed by atoms with Crippen molar-refractivity contribution in [3.8, 4) is 11.5 Å². The van der Waals surface area contributed by atoms with Crippen LogP contribution in [0.15, 0.2) is 53.4 Å². The minimum atomic E-state index is -3.71.